The molecule has 9 nitrogen and oxygen atoms in total. The first-order chi connectivity index (χ1) is 14.1. The summed E-state index contributed by atoms with van der Waals surface area (Å²) in [6.45, 7) is -0.509. The molecule has 0 atom stereocenters. The zero-order chi connectivity index (χ0) is 22.5. The van der Waals surface area contributed by atoms with E-state index < -0.39 is 28.4 Å². The van der Waals surface area contributed by atoms with E-state index in [-0.39, 0.29) is 22.0 Å². The summed E-state index contributed by atoms with van der Waals surface area (Å²) in [6.07, 6.45) is 0.981. The Balaban J connectivity index is 2.28. The lowest BCUT2D eigenvalue weighted by atomic mass is 10.2. The molecule has 0 bridgehead atoms. The van der Waals surface area contributed by atoms with Crippen molar-refractivity contribution in [1.82, 2.24) is 0 Å². The van der Waals surface area contributed by atoms with Crippen molar-refractivity contribution in [2.45, 2.75) is 0 Å². The van der Waals surface area contributed by atoms with Crippen molar-refractivity contribution in [2.24, 2.45) is 0 Å². The number of ether oxygens (including phenoxy) is 3. The van der Waals surface area contributed by atoms with E-state index in [9.17, 15) is 18.0 Å². The van der Waals surface area contributed by atoms with Crippen molar-refractivity contribution in [3.8, 4) is 11.5 Å². The van der Waals surface area contributed by atoms with Crippen LogP contribution in [0, 0.1) is 0 Å². The van der Waals surface area contributed by atoms with E-state index in [1.165, 1.54) is 57.7 Å². The topological polar surface area (TPSA) is 111 Å². The van der Waals surface area contributed by atoms with Crippen LogP contribution in [-0.4, -0.2) is 54.4 Å². The standard InChI is InChI=1S/C19H21ClN2O7S/c1-27-16-8-6-13(10-17(16)28-2)22(30(4,25)26)11-18(23)21-12-5-7-15(20)14(9-12)19(24)29-3/h5-10H,11H2,1-4H3,(H,21,23). The van der Waals surface area contributed by atoms with Gasteiger partial charge in [-0.25, -0.2) is 13.2 Å². The predicted octanol–water partition coefficient (Wildman–Crippen LogP) is 2.55. The molecule has 162 valence electrons. The molecular weight excluding hydrogens is 436 g/mol. The van der Waals surface area contributed by atoms with Crippen LogP contribution in [0.5, 0.6) is 11.5 Å². The summed E-state index contributed by atoms with van der Waals surface area (Å²) < 4.78 is 40.5. The van der Waals surface area contributed by atoms with Gasteiger partial charge in [0.2, 0.25) is 15.9 Å². The van der Waals surface area contributed by atoms with Gasteiger partial charge in [-0.3, -0.25) is 9.10 Å². The van der Waals surface area contributed by atoms with Crippen LogP contribution in [0.3, 0.4) is 0 Å². The van der Waals surface area contributed by atoms with E-state index >= 15 is 0 Å². The number of carbonyl (C=O) groups excluding carboxylic acids is 2. The van der Waals surface area contributed by atoms with Gasteiger partial charge >= 0.3 is 5.97 Å². The molecule has 0 heterocycles. The molecule has 0 aliphatic heterocycles. The molecule has 2 rings (SSSR count). The lowest BCUT2D eigenvalue weighted by molar-refractivity contribution is -0.114. The first-order valence-corrected chi connectivity index (χ1v) is 10.7. The van der Waals surface area contributed by atoms with Crippen molar-refractivity contribution in [2.75, 3.05) is 43.8 Å². The normalized spacial score (nSPS) is 10.8. The lowest BCUT2D eigenvalue weighted by Gasteiger charge is -2.23. The zero-order valence-electron chi connectivity index (χ0n) is 16.8. The monoisotopic (exact) mass is 456 g/mol. The van der Waals surface area contributed by atoms with Gasteiger partial charge in [0.15, 0.2) is 11.5 Å². The second-order valence-electron chi connectivity index (χ2n) is 6.04. The number of esters is 1. The Kier molecular flexibility index (Phi) is 7.52. The van der Waals surface area contributed by atoms with Gasteiger partial charge < -0.3 is 19.5 Å². The second kappa shape index (κ2) is 9.68. The zero-order valence-corrected chi connectivity index (χ0v) is 18.3. The number of methoxy groups -OCH3 is 3. The van der Waals surface area contributed by atoms with Crippen molar-refractivity contribution >= 4 is 44.9 Å². The number of anilines is 2. The van der Waals surface area contributed by atoms with Crippen LogP contribution in [0.25, 0.3) is 0 Å². The summed E-state index contributed by atoms with van der Waals surface area (Å²) in [6, 6.07) is 8.72. The summed E-state index contributed by atoms with van der Waals surface area (Å²) in [5.41, 5.74) is 0.541. The fraction of sp³-hybridized carbons (Fsp3) is 0.263. The number of nitrogens with zero attached hydrogens (tertiary/aromatic N) is 1. The summed E-state index contributed by atoms with van der Waals surface area (Å²) in [7, 11) is 0.272. The molecule has 11 heteroatoms. The van der Waals surface area contributed by atoms with Gasteiger partial charge in [-0.2, -0.15) is 0 Å². The third kappa shape index (κ3) is 5.55. The number of nitrogens with one attached hydrogen (secondary N) is 1. The minimum atomic E-state index is -3.80. The van der Waals surface area contributed by atoms with Crippen LogP contribution >= 0.6 is 11.6 Å². The van der Waals surface area contributed by atoms with Gasteiger partial charge in [-0.05, 0) is 30.3 Å². The van der Waals surface area contributed by atoms with E-state index in [0.29, 0.717) is 11.5 Å². The summed E-state index contributed by atoms with van der Waals surface area (Å²) in [5, 5.41) is 2.70. The third-order valence-corrected chi connectivity index (χ3v) is 5.47. The highest BCUT2D eigenvalue weighted by atomic mass is 35.5. The third-order valence-electron chi connectivity index (χ3n) is 4.00. The predicted molar refractivity (Wildman–Crippen MR) is 113 cm³/mol. The van der Waals surface area contributed by atoms with Gasteiger partial charge in [-0.1, -0.05) is 11.6 Å². The summed E-state index contributed by atoms with van der Waals surface area (Å²) >= 11 is 5.96. The van der Waals surface area contributed by atoms with Gasteiger partial charge in [0, 0.05) is 11.8 Å². The van der Waals surface area contributed by atoms with Crippen LogP contribution in [0.1, 0.15) is 10.4 Å². The Morgan fingerprint density at radius 2 is 1.70 bits per heavy atom. The molecule has 0 saturated heterocycles. The highest BCUT2D eigenvalue weighted by Gasteiger charge is 2.23. The van der Waals surface area contributed by atoms with Crippen molar-refractivity contribution < 1.29 is 32.2 Å². The average molecular weight is 457 g/mol. The maximum absolute atomic E-state index is 12.5. The molecule has 0 aliphatic carbocycles. The minimum Gasteiger partial charge on any atom is -0.493 e. The van der Waals surface area contributed by atoms with E-state index in [2.05, 4.69) is 10.1 Å². The maximum atomic E-state index is 12.5. The molecule has 0 radical (unpaired) electrons. The van der Waals surface area contributed by atoms with E-state index in [1.54, 1.807) is 0 Å². The van der Waals surface area contributed by atoms with Crippen molar-refractivity contribution in [1.29, 1.82) is 0 Å². The Morgan fingerprint density at radius 1 is 1.03 bits per heavy atom. The summed E-state index contributed by atoms with van der Waals surface area (Å²) in [4.78, 5) is 24.3. The van der Waals surface area contributed by atoms with E-state index in [4.69, 9.17) is 21.1 Å². The van der Waals surface area contributed by atoms with Crippen LogP contribution in [0.15, 0.2) is 36.4 Å². The molecule has 30 heavy (non-hydrogen) atoms. The van der Waals surface area contributed by atoms with E-state index in [1.807, 2.05) is 0 Å². The Labute approximate surface area is 179 Å². The molecular formula is C19H21ClN2O7S. The molecule has 1 amide bonds. The lowest BCUT2D eigenvalue weighted by Crippen LogP contribution is -2.37. The minimum absolute atomic E-state index is 0.0665. The number of halogens is 1. The first-order valence-electron chi connectivity index (χ1n) is 8.48. The number of hydrogen-bond acceptors (Lipinski definition) is 7. The number of sulfonamides is 1. The smallest absolute Gasteiger partial charge is 0.339 e. The van der Waals surface area contributed by atoms with E-state index in [0.717, 1.165) is 10.6 Å². The molecule has 0 aromatic heterocycles. The average Bonchev–Trinajstić information content (AvgIpc) is 2.71. The molecule has 2 aromatic carbocycles. The van der Waals surface area contributed by atoms with Crippen LogP contribution in [0.4, 0.5) is 11.4 Å². The number of benzene rings is 2. The SMILES string of the molecule is COC(=O)c1cc(NC(=O)CN(c2ccc(OC)c(OC)c2)S(C)(=O)=O)ccc1Cl. The first kappa shape index (κ1) is 23.3. The van der Waals surface area contributed by atoms with Crippen LogP contribution in [0.2, 0.25) is 5.02 Å². The molecule has 0 spiro atoms. The second-order valence-corrected chi connectivity index (χ2v) is 8.36. The van der Waals surface area contributed by atoms with Crippen molar-refractivity contribution in [3.05, 3.63) is 47.0 Å². The Morgan fingerprint density at radius 3 is 2.27 bits per heavy atom. The highest BCUT2D eigenvalue weighted by Crippen LogP contribution is 2.32. The number of carbonyl (C=O) groups is 2. The van der Waals surface area contributed by atoms with Crippen LogP contribution in [-0.2, 0) is 19.6 Å². The van der Waals surface area contributed by atoms with Gasteiger partial charge in [0.05, 0.1) is 43.9 Å². The van der Waals surface area contributed by atoms with Gasteiger partial charge in [-0.15, -0.1) is 0 Å². The largest absolute Gasteiger partial charge is 0.493 e. The fourth-order valence-corrected chi connectivity index (χ4v) is 3.62. The summed E-state index contributed by atoms with van der Waals surface area (Å²) in [5.74, 6) is -0.576. The Hall–Kier alpha value is -2.98. The van der Waals surface area contributed by atoms with Crippen LogP contribution < -0.4 is 19.1 Å². The Bertz CT molecular complexity index is 1060. The highest BCUT2D eigenvalue weighted by molar-refractivity contribution is 7.92. The molecule has 0 unspecified atom stereocenters. The molecule has 0 saturated carbocycles. The number of amides is 1. The van der Waals surface area contributed by atoms with Crippen molar-refractivity contribution in [3.63, 3.8) is 0 Å². The number of rotatable bonds is 8. The number of hydrogen-bond donors (Lipinski definition) is 1. The quantitative estimate of drug-likeness (QED) is 0.607. The molecule has 1 N–H and O–H groups in total. The van der Waals surface area contributed by atoms with Gasteiger partial charge in [0.25, 0.3) is 0 Å². The molecule has 0 fully saturated rings. The maximum Gasteiger partial charge on any atom is 0.339 e. The molecule has 2 aromatic rings. The fourth-order valence-electron chi connectivity index (χ4n) is 2.58. The molecule has 0 aliphatic rings. The van der Waals surface area contributed by atoms with Gasteiger partial charge in [0.1, 0.15) is 6.54 Å².